The van der Waals surface area contributed by atoms with E-state index in [-0.39, 0.29) is 17.4 Å². The fourth-order valence-corrected chi connectivity index (χ4v) is 1.77. The molecule has 0 aliphatic rings. The van der Waals surface area contributed by atoms with Gasteiger partial charge < -0.3 is 10.2 Å². The van der Waals surface area contributed by atoms with Crippen molar-refractivity contribution < 1.29 is 9.59 Å². The summed E-state index contributed by atoms with van der Waals surface area (Å²) >= 11 is 0. The van der Waals surface area contributed by atoms with E-state index >= 15 is 0 Å². The molecule has 0 bridgehead atoms. The molecule has 4 nitrogen and oxygen atoms in total. The van der Waals surface area contributed by atoms with Crippen LogP contribution in [0, 0.1) is 5.92 Å². The number of rotatable bonds is 6. The van der Waals surface area contributed by atoms with Gasteiger partial charge in [-0.25, -0.2) is 0 Å². The zero-order valence-electron chi connectivity index (χ0n) is 12.7. The van der Waals surface area contributed by atoms with Gasteiger partial charge in [-0.2, -0.15) is 0 Å². The molecular weight excluding hydrogens is 228 g/mol. The molecule has 0 aliphatic carbocycles. The SMILES string of the molecule is CC(=O)N(CCC(=O)NCCC(C)C)C(C)(C)C. The average molecular weight is 256 g/mol. The van der Waals surface area contributed by atoms with E-state index in [0.29, 0.717) is 25.4 Å². The van der Waals surface area contributed by atoms with Crippen molar-refractivity contribution >= 4 is 11.8 Å². The van der Waals surface area contributed by atoms with Crippen molar-refractivity contribution in [2.24, 2.45) is 5.92 Å². The molecule has 0 saturated heterocycles. The second-order valence-electron chi connectivity index (χ2n) is 6.12. The van der Waals surface area contributed by atoms with Crippen LogP contribution in [0.3, 0.4) is 0 Å². The normalized spacial score (nSPS) is 11.5. The summed E-state index contributed by atoms with van der Waals surface area (Å²) in [5, 5.41) is 2.88. The van der Waals surface area contributed by atoms with Crippen LogP contribution in [0.25, 0.3) is 0 Å². The molecule has 0 spiro atoms. The van der Waals surface area contributed by atoms with Gasteiger partial charge in [0, 0.05) is 32.0 Å². The van der Waals surface area contributed by atoms with Crippen molar-refractivity contribution in [2.75, 3.05) is 13.1 Å². The van der Waals surface area contributed by atoms with E-state index in [1.54, 1.807) is 11.8 Å². The van der Waals surface area contributed by atoms with E-state index in [1.807, 2.05) is 20.8 Å². The van der Waals surface area contributed by atoms with Crippen molar-refractivity contribution in [2.45, 2.75) is 59.9 Å². The molecular formula is C14H28N2O2. The zero-order valence-corrected chi connectivity index (χ0v) is 12.7. The minimum atomic E-state index is -0.232. The number of carbonyl (C=O) groups is 2. The first-order chi connectivity index (χ1) is 8.14. The Labute approximate surface area is 111 Å². The fraction of sp³-hybridized carbons (Fsp3) is 0.857. The number of hydrogen-bond acceptors (Lipinski definition) is 2. The van der Waals surface area contributed by atoms with Gasteiger partial charge in [0.05, 0.1) is 0 Å². The lowest BCUT2D eigenvalue weighted by atomic mass is 10.1. The Hall–Kier alpha value is -1.06. The smallest absolute Gasteiger partial charge is 0.221 e. The number of carbonyl (C=O) groups excluding carboxylic acids is 2. The van der Waals surface area contributed by atoms with Crippen molar-refractivity contribution in [1.29, 1.82) is 0 Å². The second-order valence-corrected chi connectivity index (χ2v) is 6.12. The predicted octanol–water partition coefficient (Wildman–Crippen LogP) is 2.19. The average Bonchev–Trinajstić information content (AvgIpc) is 2.14. The van der Waals surface area contributed by atoms with Gasteiger partial charge in [-0.3, -0.25) is 9.59 Å². The first kappa shape index (κ1) is 16.9. The molecule has 2 amide bonds. The molecule has 0 aromatic carbocycles. The molecule has 0 fully saturated rings. The standard InChI is InChI=1S/C14H28N2O2/c1-11(2)7-9-15-13(18)8-10-16(12(3)17)14(4,5)6/h11H,7-10H2,1-6H3,(H,15,18). The minimum Gasteiger partial charge on any atom is -0.356 e. The van der Waals surface area contributed by atoms with Crippen LogP contribution in [0.2, 0.25) is 0 Å². The minimum absolute atomic E-state index is 0.0116. The van der Waals surface area contributed by atoms with Crippen LogP contribution in [0.4, 0.5) is 0 Å². The molecule has 0 atom stereocenters. The highest BCUT2D eigenvalue weighted by Gasteiger charge is 2.23. The Balaban J connectivity index is 4.06. The highest BCUT2D eigenvalue weighted by molar-refractivity contribution is 5.78. The van der Waals surface area contributed by atoms with Gasteiger partial charge in [-0.15, -0.1) is 0 Å². The summed E-state index contributed by atoms with van der Waals surface area (Å²) in [6.45, 7) is 12.9. The predicted molar refractivity (Wildman–Crippen MR) is 74.2 cm³/mol. The maximum atomic E-state index is 11.6. The molecule has 106 valence electrons. The van der Waals surface area contributed by atoms with Gasteiger partial charge in [-0.1, -0.05) is 13.8 Å². The molecule has 0 unspecified atom stereocenters. The van der Waals surface area contributed by atoms with Crippen LogP contribution in [-0.4, -0.2) is 35.3 Å². The van der Waals surface area contributed by atoms with Gasteiger partial charge in [0.15, 0.2) is 0 Å². The Morgan fingerprint density at radius 3 is 2.17 bits per heavy atom. The summed E-state index contributed by atoms with van der Waals surface area (Å²) in [6, 6.07) is 0. The molecule has 4 heteroatoms. The Kier molecular flexibility index (Phi) is 6.96. The highest BCUT2D eigenvalue weighted by Crippen LogP contribution is 2.13. The number of hydrogen-bond donors (Lipinski definition) is 1. The van der Waals surface area contributed by atoms with Gasteiger partial charge in [0.25, 0.3) is 0 Å². The van der Waals surface area contributed by atoms with Crippen LogP contribution in [-0.2, 0) is 9.59 Å². The molecule has 0 aromatic heterocycles. The Morgan fingerprint density at radius 1 is 1.22 bits per heavy atom. The Morgan fingerprint density at radius 2 is 1.78 bits per heavy atom. The van der Waals surface area contributed by atoms with E-state index in [9.17, 15) is 9.59 Å². The first-order valence-electron chi connectivity index (χ1n) is 6.69. The number of nitrogens with zero attached hydrogens (tertiary/aromatic N) is 1. The van der Waals surface area contributed by atoms with E-state index in [1.165, 1.54) is 0 Å². The monoisotopic (exact) mass is 256 g/mol. The van der Waals surface area contributed by atoms with Crippen molar-refractivity contribution in [1.82, 2.24) is 10.2 Å². The third kappa shape index (κ3) is 7.30. The maximum Gasteiger partial charge on any atom is 0.221 e. The quantitative estimate of drug-likeness (QED) is 0.792. The Bertz CT molecular complexity index is 280. The van der Waals surface area contributed by atoms with Crippen LogP contribution >= 0.6 is 0 Å². The van der Waals surface area contributed by atoms with Gasteiger partial charge >= 0.3 is 0 Å². The third-order valence-corrected chi connectivity index (χ3v) is 2.80. The molecule has 0 aromatic rings. The van der Waals surface area contributed by atoms with Gasteiger partial charge in [0.2, 0.25) is 11.8 Å². The molecule has 0 aliphatic heterocycles. The lowest BCUT2D eigenvalue weighted by molar-refractivity contribution is -0.134. The van der Waals surface area contributed by atoms with Crippen LogP contribution in [0.1, 0.15) is 54.4 Å². The summed E-state index contributed by atoms with van der Waals surface area (Å²) < 4.78 is 0. The third-order valence-electron chi connectivity index (χ3n) is 2.80. The number of nitrogens with one attached hydrogen (secondary N) is 1. The summed E-state index contributed by atoms with van der Waals surface area (Å²) in [4.78, 5) is 24.9. The van der Waals surface area contributed by atoms with E-state index in [4.69, 9.17) is 0 Å². The van der Waals surface area contributed by atoms with Crippen LogP contribution in [0.15, 0.2) is 0 Å². The summed E-state index contributed by atoms with van der Waals surface area (Å²) in [5.74, 6) is 0.622. The number of amides is 2. The molecule has 0 saturated carbocycles. The topological polar surface area (TPSA) is 49.4 Å². The van der Waals surface area contributed by atoms with Crippen molar-refractivity contribution in [3.8, 4) is 0 Å². The first-order valence-corrected chi connectivity index (χ1v) is 6.69. The largest absolute Gasteiger partial charge is 0.356 e. The summed E-state index contributed by atoms with van der Waals surface area (Å²) in [6.07, 6.45) is 1.36. The van der Waals surface area contributed by atoms with Gasteiger partial charge in [0.1, 0.15) is 0 Å². The zero-order chi connectivity index (χ0) is 14.3. The lowest BCUT2D eigenvalue weighted by Crippen LogP contribution is -2.46. The van der Waals surface area contributed by atoms with Crippen LogP contribution < -0.4 is 5.32 Å². The lowest BCUT2D eigenvalue weighted by Gasteiger charge is -2.34. The van der Waals surface area contributed by atoms with Gasteiger partial charge in [-0.05, 0) is 33.1 Å². The maximum absolute atomic E-state index is 11.6. The summed E-state index contributed by atoms with van der Waals surface area (Å²) in [7, 11) is 0. The molecule has 18 heavy (non-hydrogen) atoms. The molecule has 0 rings (SSSR count). The van der Waals surface area contributed by atoms with E-state index in [0.717, 1.165) is 6.42 Å². The van der Waals surface area contributed by atoms with Crippen molar-refractivity contribution in [3.05, 3.63) is 0 Å². The molecule has 1 N–H and O–H groups in total. The van der Waals surface area contributed by atoms with Crippen molar-refractivity contribution in [3.63, 3.8) is 0 Å². The van der Waals surface area contributed by atoms with E-state index in [2.05, 4.69) is 19.2 Å². The second kappa shape index (κ2) is 7.39. The fourth-order valence-electron chi connectivity index (χ4n) is 1.77. The summed E-state index contributed by atoms with van der Waals surface area (Å²) in [5.41, 5.74) is -0.232. The van der Waals surface area contributed by atoms with E-state index < -0.39 is 0 Å². The van der Waals surface area contributed by atoms with Crippen LogP contribution in [0.5, 0.6) is 0 Å². The highest BCUT2D eigenvalue weighted by atomic mass is 16.2. The molecule has 0 heterocycles. The molecule has 0 radical (unpaired) electrons.